The van der Waals surface area contributed by atoms with Gasteiger partial charge in [0.15, 0.2) is 12.2 Å². The highest BCUT2D eigenvalue weighted by atomic mass is 16.6. The SMILES string of the molecule is C=CC(=O)OC(COc1ccc(OCC(COc2ccc(-c3ccccc3)cc2)OC(=O)C=C)cc1)COc1ccc(-c2ccccc2)cc1. The molecule has 0 radical (unpaired) electrons. The van der Waals surface area contributed by atoms with Crippen molar-refractivity contribution in [1.29, 1.82) is 0 Å². The van der Waals surface area contributed by atoms with Crippen molar-refractivity contribution in [3.8, 4) is 45.3 Å². The molecule has 0 aliphatic carbocycles. The first-order valence-electron chi connectivity index (χ1n) is 16.1. The third kappa shape index (κ3) is 10.9. The number of esters is 2. The molecule has 0 fully saturated rings. The van der Waals surface area contributed by atoms with Crippen molar-refractivity contribution in [3.05, 3.63) is 159 Å². The van der Waals surface area contributed by atoms with Gasteiger partial charge in [0.1, 0.15) is 49.4 Å². The average Bonchev–Trinajstić information content (AvgIpc) is 3.18. The number of hydrogen-bond acceptors (Lipinski definition) is 8. The Balaban J connectivity index is 1.11. The highest BCUT2D eigenvalue weighted by Gasteiger charge is 2.17. The Morgan fingerprint density at radius 2 is 0.680 bits per heavy atom. The van der Waals surface area contributed by atoms with Crippen LogP contribution in [0.25, 0.3) is 22.3 Å². The van der Waals surface area contributed by atoms with Crippen molar-refractivity contribution in [2.24, 2.45) is 0 Å². The van der Waals surface area contributed by atoms with Gasteiger partial charge in [0.2, 0.25) is 0 Å². The van der Waals surface area contributed by atoms with Gasteiger partial charge in [-0.1, -0.05) is 98.1 Å². The maximum absolute atomic E-state index is 12.0. The molecule has 0 bridgehead atoms. The minimum Gasteiger partial charge on any atom is -0.490 e. The topological polar surface area (TPSA) is 89.5 Å². The van der Waals surface area contributed by atoms with Crippen molar-refractivity contribution in [3.63, 3.8) is 0 Å². The van der Waals surface area contributed by atoms with Gasteiger partial charge in [0, 0.05) is 12.2 Å². The van der Waals surface area contributed by atoms with E-state index in [4.69, 9.17) is 28.4 Å². The number of ether oxygens (including phenoxy) is 6. The molecule has 0 saturated carbocycles. The zero-order chi connectivity index (χ0) is 35.0. The Kier molecular flexibility index (Phi) is 12.8. The quantitative estimate of drug-likeness (QED) is 0.0682. The molecule has 8 nitrogen and oxygen atoms in total. The molecule has 2 atom stereocenters. The molecule has 254 valence electrons. The summed E-state index contributed by atoms with van der Waals surface area (Å²) in [5, 5.41) is 0. The first kappa shape index (κ1) is 35.0. The Morgan fingerprint density at radius 1 is 0.420 bits per heavy atom. The molecule has 5 aromatic rings. The van der Waals surface area contributed by atoms with Crippen LogP contribution < -0.4 is 18.9 Å². The summed E-state index contributed by atoms with van der Waals surface area (Å²) in [5.74, 6) is 1.17. The van der Waals surface area contributed by atoms with Gasteiger partial charge in [-0.05, 0) is 70.8 Å². The van der Waals surface area contributed by atoms with Crippen LogP contribution in [-0.4, -0.2) is 50.6 Å². The van der Waals surface area contributed by atoms with E-state index in [2.05, 4.69) is 13.2 Å². The van der Waals surface area contributed by atoms with Crippen molar-refractivity contribution < 1.29 is 38.0 Å². The van der Waals surface area contributed by atoms with Crippen LogP contribution in [0.3, 0.4) is 0 Å². The maximum atomic E-state index is 12.0. The van der Waals surface area contributed by atoms with E-state index in [-0.39, 0.29) is 26.4 Å². The molecular weight excluding hydrogens is 632 g/mol. The van der Waals surface area contributed by atoms with E-state index in [1.165, 1.54) is 0 Å². The predicted octanol–water partition coefficient (Wildman–Crippen LogP) is 8.13. The Bertz CT molecular complexity index is 1670. The van der Waals surface area contributed by atoms with Gasteiger partial charge in [-0.25, -0.2) is 9.59 Å². The summed E-state index contributed by atoms with van der Waals surface area (Å²) >= 11 is 0. The number of benzene rings is 5. The van der Waals surface area contributed by atoms with Gasteiger partial charge in [-0.15, -0.1) is 0 Å². The average molecular weight is 671 g/mol. The predicted molar refractivity (Wildman–Crippen MR) is 192 cm³/mol. The molecule has 0 amide bonds. The fraction of sp³-hybridized carbons (Fsp3) is 0.143. The Hall–Kier alpha value is -6.28. The van der Waals surface area contributed by atoms with E-state index in [1.54, 1.807) is 24.3 Å². The number of rotatable bonds is 18. The summed E-state index contributed by atoms with van der Waals surface area (Å²) in [7, 11) is 0. The van der Waals surface area contributed by atoms with E-state index < -0.39 is 24.1 Å². The van der Waals surface area contributed by atoms with Crippen LogP contribution in [0.2, 0.25) is 0 Å². The summed E-state index contributed by atoms with van der Waals surface area (Å²) < 4.78 is 34.5. The normalized spacial score (nSPS) is 11.7. The van der Waals surface area contributed by atoms with E-state index in [0.717, 1.165) is 34.4 Å². The third-order valence-electron chi connectivity index (χ3n) is 7.39. The van der Waals surface area contributed by atoms with E-state index in [0.29, 0.717) is 23.0 Å². The van der Waals surface area contributed by atoms with Gasteiger partial charge in [-0.2, -0.15) is 0 Å². The first-order chi connectivity index (χ1) is 24.5. The van der Waals surface area contributed by atoms with Crippen LogP contribution in [0, 0.1) is 0 Å². The van der Waals surface area contributed by atoms with Crippen molar-refractivity contribution in [2.75, 3.05) is 26.4 Å². The molecule has 8 heteroatoms. The van der Waals surface area contributed by atoms with Gasteiger partial charge in [0.25, 0.3) is 0 Å². The monoisotopic (exact) mass is 670 g/mol. The van der Waals surface area contributed by atoms with Crippen LogP contribution in [0.4, 0.5) is 0 Å². The fourth-order valence-electron chi connectivity index (χ4n) is 4.79. The van der Waals surface area contributed by atoms with Crippen LogP contribution in [0.1, 0.15) is 0 Å². The van der Waals surface area contributed by atoms with Crippen LogP contribution in [0.5, 0.6) is 23.0 Å². The van der Waals surface area contributed by atoms with Crippen LogP contribution in [-0.2, 0) is 19.1 Å². The molecule has 50 heavy (non-hydrogen) atoms. The lowest BCUT2D eigenvalue weighted by molar-refractivity contribution is -0.147. The minimum atomic E-state index is -0.694. The molecule has 0 aromatic heterocycles. The number of carbonyl (C=O) groups excluding carboxylic acids is 2. The summed E-state index contributed by atoms with van der Waals surface area (Å²) in [5.41, 5.74) is 4.34. The standard InChI is InChI=1S/C42H38O8/c1-3-41(43)49-39(27-45-35-19-15-33(16-20-35)31-11-7-5-8-12-31)29-47-37-23-25-38(26-24-37)48-30-40(50-42(44)4-2)28-46-36-21-17-34(18-22-36)32-13-9-6-10-14-32/h3-26,39-40H,1-2,27-30H2. The Labute approximate surface area is 292 Å². The van der Waals surface area contributed by atoms with Crippen molar-refractivity contribution in [1.82, 2.24) is 0 Å². The second kappa shape index (κ2) is 18.3. The van der Waals surface area contributed by atoms with E-state index in [1.807, 2.05) is 109 Å². The number of hydrogen-bond donors (Lipinski definition) is 0. The number of carbonyl (C=O) groups is 2. The summed E-state index contributed by atoms with van der Waals surface area (Å²) in [6.45, 7) is 7.21. The molecule has 5 rings (SSSR count). The second-order valence-corrected chi connectivity index (χ2v) is 11.0. The lowest BCUT2D eigenvalue weighted by Crippen LogP contribution is -2.30. The summed E-state index contributed by atoms with van der Waals surface area (Å²) in [4.78, 5) is 24.0. The van der Waals surface area contributed by atoms with Gasteiger partial charge in [-0.3, -0.25) is 0 Å². The molecule has 0 aliphatic heterocycles. The van der Waals surface area contributed by atoms with E-state index >= 15 is 0 Å². The summed E-state index contributed by atoms with van der Waals surface area (Å²) in [6, 6.07) is 42.3. The minimum absolute atomic E-state index is 0.0468. The maximum Gasteiger partial charge on any atom is 0.330 e. The smallest absolute Gasteiger partial charge is 0.330 e. The lowest BCUT2D eigenvalue weighted by Gasteiger charge is -2.19. The fourth-order valence-corrected chi connectivity index (χ4v) is 4.79. The Morgan fingerprint density at radius 3 is 0.960 bits per heavy atom. The van der Waals surface area contributed by atoms with Crippen LogP contribution >= 0.6 is 0 Å². The second-order valence-electron chi connectivity index (χ2n) is 11.0. The zero-order valence-electron chi connectivity index (χ0n) is 27.5. The van der Waals surface area contributed by atoms with Crippen molar-refractivity contribution >= 4 is 11.9 Å². The molecule has 0 saturated heterocycles. The largest absolute Gasteiger partial charge is 0.490 e. The van der Waals surface area contributed by atoms with E-state index in [9.17, 15) is 9.59 Å². The highest BCUT2D eigenvalue weighted by Crippen LogP contribution is 2.24. The molecule has 0 N–H and O–H groups in total. The highest BCUT2D eigenvalue weighted by molar-refractivity contribution is 5.81. The molecular formula is C42H38O8. The molecule has 0 heterocycles. The summed E-state index contributed by atoms with van der Waals surface area (Å²) in [6.07, 6.45) is 0.806. The van der Waals surface area contributed by atoms with Gasteiger partial charge >= 0.3 is 11.9 Å². The molecule has 2 unspecified atom stereocenters. The molecule has 0 spiro atoms. The van der Waals surface area contributed by atoms with Gasteiger partial charge < -0.3 is 28.4 Å². The van der Waals surface area contributed by atoms with Crippen molar-refractivity contribution in [2.45, 2.75) is 12.2 Å². The molecule has 5 aromatic carbocycles. The third-order valence-corrected chi connectivity index (χ3v) is 7.39. The van der Waals surface area contributed by atoms with Gasteiger partial charge in [0.05, 0.1) is 0 Å². The molecule has 0 aliphatic rings. The zero-order valence-corrected chi connectivity index (χ0v) is 27.5. The van der Waals surface area contributed by atoms with Crippen LogP contribution in [0.15, 0.2) is 159 Å². The first-order valence-corrected chi connectivity index (χ1v) is 16.1. The lowest BCUT2D eigenvalue weighted by atomic mass is 10.1.